The first kappa shape index (κ1) is 11.4. The fourth-order valence-corrected chi connectivity index (χ4v) is 1.72. The number of aromatic hydroxyl groups is 1. The van der Waals surface area contributed by atoms with Crippen LogP contribution in [0.3, 0.4) is 0 Å². The summed E-state index contributed by atoms with van der Waals surface area (Å²) in [6, 6.07) is 4.54. The standard InChI is InChI=1S/C11H13N3O3/c1-6(12-2)14-10(16)7-4-3-5-8(15)9(7)13-11(14)17/h3-6,12,15H,1-2H3,(H,13,17). The molecule has 1 aromatic heterocycles. The van der Waals surface area contributed by atoms with E-state index in [1.807, 2.05) is 0 Å². The lowest BCUT2D eigenvalue weighted by atomic mass is 10.2. The van der Waals surface area contributed by atoms with Crippen LogP contribution in [0.1, 0.15) is 13.1 Å². The van der Waals surface area contributed by atoms with Crippen molar-refractivity contribution in [2.45, 2.75) is 13.1 Å². The van der Waals surface area contributed by atoms with Crippen molar-refractivity contribution in [2.75, 3.05) is 7.05 Å². The van der Waals surface area contributed by atoms with Crippen LogP contribution in [0, 0.1) is 0 Å². The number of phenolic OH excluding ortho intramolecular Hbond substituents is 1. The van der Waals surface area contributed by atoms with Gasteiger partial charge in [-0.15, -0.1) is 0 Å². The molecule has 1 aromatic carbocycles. The number of H-pyrrole nitrogens is 1. The first-order chi connectivity index (χ1) is 8.06. The second-order valence-corrected chi connectivity index (χ2v) is 3.77. The van der Waals surface area contributed by atoms with Crippen molar-refractivity contribution < 1.29 is 5.11 Å². The summed E-state index contributed by atoms with van der Waals surface area (Å²) in [4.78, 5) is 26.4. The third-order valence-corrected chi connectivity index (χ3v) is 2.75. The number of nitrogens with one attached hydrogen (secondary N) is 2. The summed E-state index contributed by atoms with van der Waals surface area (Å²) in [5, 5.41) is 12.7. The molecule has 0 saturated carbocycles. The van der Waals surface area contributed by atoms with E-state index in [1.54, 1.807) is 26.1 Å². The molecular formula is C11H13N3O3. The van der Waals surface area contributed by atoms with Gasteiger partial charge in [0, 0.05) is 0 Å². The molecule has 90 valence electrons. The minimum Gasteiger partial charge on any atom is -0.506 e. The fraction of sp³-hybridized carbons (Fsp3) is 0.273. The van der Waals surface area contributed by atoms with E-state index in [9.17, 15) is 14.7 Å². The molecule has 0 aliphatic heterocycles. The number of hydrogen-bond acceptors (Lipinski definition) is 4. The number of para-hydroxylation sites is 1. The van der Waals surface area contributed by atoms with E-state index >= 15 is 0 Å². The van der Waals surface area contributed by atoms with Gasteiger partial charge in [0.1, 0.15) is 5.75 Å². The molecule has 6 nitrogen and oxygen atoms in total. The largest absolute Gasteiger partial charge is 0.506 e. The first-order valence-corrected chi connectivity index (χ1v) is 5.20. The summed E-state index contributed by atoms with van der Waals surface area (Å²) in [5.74, 6) is -0.110. The van der Waals surface area contributed by atoms with E-state index in [4.69, 9.17) is 0 Å². The third kappa shape index (κ3) is 1.72. The topological polar surface area (TPSA) is 87.1 Å². The van der Waals surface area contributed by atoms with Gasteiger partial charge < -0.3 is 15.4 Å². The highest BCUT2D eigenvalue weighted by molar-refractivity contribution is 5.82. The molecule has 1 unspecified atom stereocenters. The van der Waals surface area contributed by atoms with Crippen LogP contribution in [-0.4, -0.2) is 21.7 Å². The van der Waals surface area contributed by atoms with Crippen molar-refractivity contribution in [3.05, 3.63) is 39.0 Å². The molecule has 0 fully saturated rings. The van der Waals surface area contributed by atoms with Crippen LogP contribution in [0.5, 0.6) is 5.75 Å². The van der Waals surface area contributed by atoms with Crippen molar-refractivity contribution in [3.8, 4) is 5.75 Å². The summed E-state index contributed by atoms with van der Waals surface area (Å²) in [5.41, 5.74) is -0.811. The molecule has 3 N–H and O–H groups in total. The molecule has 0 bridgehead atoms. The summed E-state index contributed by atoms with van der Waals surface area (Å²) in [7, 11) is 1.66. The van der Waals surface area contributed by atoms with Crippen LogP contribution < -0.4 is 16.6 Å². The summed E-state index contributed by atoms with van der Waals surface area (Å²) < 4.78 is 1.07. The van der Waals surface area contributed by atoms with Gasteiger partial charge in [0.05, 0.1) is 17.1 Å². The van der Waals surface area contributed by atoms with Gasteiger partial charge in [-0.05, 0) is 26.1 Å². The normalized spacial score (nSPS) is 12.8. The smallest absolute Gasteiger partial charge is 0.330 e. The average Bonchev–Trinajstić information content (AvgIpc) is 2.30. The Hall–Kier alpha value is -2.08. The Morgan fingerprint density at radius 2 is 2.12 bits per heavy atom. The first-order valence-electron chi connectivity index (χ1n) is 5.20. The molecule has 6 heteroatoms. The molecule has 0 saturated heterocycles. The average molecular weight is 235 g/mol. The van der Waals surface area contributed by atoms with Crippen LogP contribution in [0.25, 0.3) is 10.9 Å². The van der Waals surface area contributed by atoms with Gasteiger partial charge >= 0.3 is 5.69 Å². The van der Waals surface area contributed by atoms with Crippen molar-refractivity contribution in [1.29, 1.82) is 0 Å². The summed E-state index contributed by atoms with van der Waals surface area (Å²) in [6.45, 7) is 1.70. The Kier molecular flexibility index (Phi) is 2.72. The van der Waals surface area contributed by atoms with Crippen molar-refractivity contribution in [1.82, 2.24) is 14.9 Å². The number of nitrogens with zero attached hydrogens (tertiary/aromatic N) is 1. The molecule has 1 heterocycles. The maximum absolute atomic E-state index is 12.1. The highest BCUT2D eigenvalue weighted by Crippen LogP contribution is 2.17. The predicted molar refractivity (Wildman–Crippen MR) is 64.3 cm³/mol. The number of aromatic nitrogens is 2. The maximum atomic E-state index is 12.1. The number of benzene rings is 1. The van der Waals surface area contributed by atoms with Gasteiger partial charge in [-0.1, -0.05) is 6.07 Å². The number of fused-ring (bicyclic) bond motifs is 1. The van der Waals surface area contributed by atoms with E-state index in [2.05, 4.69) is 10.3 Å². The van der Waals surface area contributed by atoms with Crippen molar-refractivity contribution in [3.63, 3.8) is 0 Å². The molecule has 0 amide bonds. The second kappa shape index (κ2) is 4.06. The highest BCUT2D eigenvalue weighted by Gasteiger charge is 2.13. The molecule has 0 aliphatic rings. The molecule has 0 aliphatic carbocycles. The predicted octanol–water partition coefficient (Wildman–Crippen LogP) is 0.133. The fourth-order valence-electron chi connectivity index (χ4n) is 1.72. The Morgan fingerprint density at radius 3 is 2.76 bits per heavy atom. The van der Waals surface area contributed by atoms with Crippen molar-refractivity contribution in [2.24, 2.45) is 0 Å². The van der Waals surface area contributed by atoms with E-state index in [1.165, 1.54) is 6.07 Å². The zero-order valence-electron chi connectivity index (χ0n) is 9.52. The van der Waals surface area contributed by atoms with Crippen LogP contribution >= 0.6 is 0 Å². The monoisotopic (exact) mass is 235 g/mol. The van der Waals surface area contributed by atoms with Crippen LogP contribution in [0.4, 0.5) is 0 Å². The third-order valence-electron chi connectivity index (χ3n) is 2.75. The summed E-state index contributed by atoms with van der Waals surface area (Å²) >= 11 is 0. The van der Waals surface area contributed by atoms with E-state index in [0.29, 0.717) is 0 Å². The lowest BCUT2D eigenvalue weighted by Crippen LogP contribution is -2.41. The van der Waals surface area contributed by atoms with Crippen molar-refractivity contribution >= 4 is 10.9 Å². The van der Waals surface area contributed by atoms with Gasteiger partial charge in [-0.25, -0.2) is 9.36 Å². The number of aromatic amines is 1. The SMILES string of the molecule is CNC(C)n1c(=O)[nH]c2c(O)cccc2c1=O. The summed E-state index contributed by atoms with van der Waals surface area (Å²) in [6.07, 6.45) is -0.419. The molecule has 2 rings (SSSR count). The zero-order chi connectivity index (χ0) is 12.6. The Balaban J connectivity index is 2.91. The lowest BCUT2D eigenvalue weighted by molar-refractivity contribution is 0.445. The molecule has 17 heavy (non-hydrogen) atoms. The molecular weight excluding hydrogens is 222 g/mol. The van der Waals surface area contributed by atoms with E-state index in [-0.39, 0.29) is 16.7 Å². The minimum absolute atomic E-state index is 0.110. The molecule has 0 spiro atoms. The minimum atomic E-state index is -0.550. The van der Waals surface area contributed by atoms with E-state index in [0.717, 1.165) is 4.57 Å². The number of hydrogen-bond donors (Lipinski definition) is 3. The van der Waals surface area contributed by atoms with Crippen LogP contribution in [-0.2, 0) is 0 Å². The molecule has 2 aromatic rings. The van der Waals surface area contributed by atoms with Crippen LogP contribution in [0.15, 0.2) is 27.8 Å². The zero-order valence-corrected chi connectivity index (χ0v) is 9.52. The second-order valence-electron chi connectivity index (χ2n) is 3.77. The van der Waals surface area contributed by atoms with Gasteiger partial charge in [-0.3, -0.25) is 4.79 Å². The van der Waals surface area contributed by atoms with Gasteiger partial charge in [-0.2, -0.15) is 0 Å². The van der Waals surface area contributed by atoms with Gasteiger partial charge in [0.25, 0.3) is 5.56 Å². The number of phenols is 1. The highest BCUT2D eigenvalue weighted by atomic mass is 16.3. The lowest BCUT2D eigenvalue weighted by Gasteiger charge is -2.13. The van der Waals surface area contributed by atoms with Gasteiger partial charge in [0.2, 0.25) is 0 Å². The Bertz CT molecular complexity index is 672. The quantitative estimate of drug-likeness (QED) is 0.690. The van der Waals surface area contributed by atoms with Crippen LogP contribution in [0.2, 0.25) is 0 Å². The Morgan fingerprint density at radius 1 is 1.41 bits per heavy atom. The maximum Gasteiger partial charge on any atom is 0.330 e. The molecule has 0 radical (unpaired) electrons. The number of rotatable bonds is 2. The molecule has 1 atom stereocenters. The van der Waals surface area contributed by atoms with E-state index < -0.39 is 17.4 Å². The Labute approximate surface area is 96.5 Å². The van der Waals surface area contributed by atoms with Gasteiger partial charge in [0.15, 0.2) is 0 Å².